The maximum absolute atomic E-state index is 12.5. The minimum atomic E-state index is -3.29. The molecule has 1 aromatic heterocycles. The molecule has 1 fully saturated rings. The Hall–Kier alpha value is -1.01. The van der Waals surface area contributed by atoms with Crippen LogP contribution >= 0.6 is 23.1 Å². The second-order valence-corrected chi connectivity index (χ2v) is 8.96. The van der Waals surface area contributed by atoms with Gasteiger partial charge in [0.05, 0.1) is 16.3 Å². The summed E-state index contributed by atoms with van der Waals surface area (Å²) in [6.07, 6.45) is 1.18. The number of nitrogens with two attached hydrogens (primary N) is 1. The highest BCUT2D eigenvalue weighted by Crippen LogP contribution is 2.25. The topological polar surface area (TPSA) is 80.5 Å². The highest BCUT2D eigenvalue weighted by Gasteiger charge is 2.35. The van der Waals surface area contributed by atoms with E-state index in [1.165, 1.54) is 22.5 Å². The molecule has 1 aliphatic heterocycles. The van der Waals surface area contributed by atoms with Gasteiger partial charge < -0.3 is 10.6 Å². The molecule has 2 heterocycles. The van der Waals surface area contributed by atoms with Crippen molar-refractivity contribution in [2.75, 3.05) is 30.9 Å². The third-order valence-corrected chi connectivity index (χ3v) is 6.60. The van der Waals surface area contributed by atoms with Crippen LogP contribution in [0.2, 0.25) is 0 Å². The fraction of sp³-hybridized carbons (Fsp3) is 0.462. The van der Waals surface area contributed by atoms with Gasteiger partial charge in [-0.05, 0) is 12.1 Å². The van der Waals surface area contributed by atoms with E-state index in [0.29, 0.717) is 17.2 Å². The summed E-state index contributed by atoms with van der Waals surface area (Å²) in [6, 6.07) is 3.45. The normalized spacial score (nSPS) is 19.0. The summed E-state index contributed by atoms with van der Waals surface area (Å²) in [4.78, 5) is 15.3. The Balaban J connectivity index is 2.23. The van der Waals surface area contributed by atoms with Gasteiger partial charge in [0.2, 0.25) is 0 Å². The predicted octanol–water partition coefficient (Wildman–Crippen LogP) is 0.618. The van der Waals surface area contributed by atoms with Gasteiger partial charge in [-0.2, -0.15) is 11.8 Å². The van der Waals surface area contributed by atoms with Crippen LogP contribution in [0, 0.1) is 11.8 Å². The summed E-state index contributed by atoms with van der Waals surface area (Å²) in [6.45, 7) is 0.712. The van der Waals surface area contributed by atoms with E-state index in [9.17, 15) is 13.2 Å². The van der Waals surface area contributed by atoms with Crippen LogP contribution in [-0.4, -0.2) is 55.4 Å². The van der Waals surface area contributed by atoms with Crippen LogP contribution in [0.4, 0.5) is 0 Å². The highest BCUT2D eigenvalue weighted by molar-refractivity contribution is 8.00. The molecular weight excluding hydrogens is 328 g/mol. The lowest BCUT2D eigenvalue weighted by molar-refractivity contribution is 0.0754. The third kappa shape index (κ3) is 4.01. The zero-order chi connectivity index (χ0) is 15.5. The molecule has 2 rings (SSSR count). The molecule has 0 aromatic carbocycles. The van der Waals surface area contributed by atoms with Gasteiger partial charge in [0, 0.05) is 24.3 Å². The summed E-state index contributed by atoms with van der Waals surface area (Å²) in [5.41, 5.74) is 5.31. The average molecular weight is 344 g/mol. The van der Waals surface area contributed by atoms with E-state index in [-0.39, 0.29) is 12.5 Å². The molecule has 5 nitrogen and oxygen atoms in total. The zero-order valence-electron chi connectivity index (χ0n) is 11.5. The van der Waals surface area contributed by atoms with Gasteiger partial charge in [-0.3, -0.25) is 4.79 Å². The maximum atomic E-state index is 12.5. The quantitative estimate of drug-likeness (QED) is 0.796. The van der Waals surface area contributed by atoms with Crippen molar-refractivity contribution in [3.05, 3.63) is 21.9 Å². The van der Waals surface area contributed by atoms with Crippen LogP contribution in [-0.2, 0) is 9.84 Å². The molecule has 1 aromatic rings. The molecule has 1 atom stereocenters. The van der Waals surface area contributed by atoms with Gasteiger partial charge in [0.25, 0.3) is 5.91 Å². The molecule has 0 bridgehead atoms. The molecule has 0 saturated carbocycles. The molecule has 0 aliphatic carbocycles. The molecule has 1 saturated heterocycles. The Kier molecular flexibility index (Phi) is 5.32. The Morgan fingerprint density at radius 2 is 2.29 bits per heavy atom. The van der Waals surface area contributed by atoms with E-state index in [2.05, 4.69) is 11.8 Å². The highest BCUT2D eigenvalue weighted by atomic mass is 32.2. The van der Waals surface area contributed by atoms with Gasteiger partial charge in [-0.25, -0.2) is 8.42 Å². The van der Waals surface area contributed by atoms with E-state index in [0.717, 1.165) is 10.6 Å². The number of thiophene rings is 1. The van der Waals surface area contributed by atoms with E-state index in [1.807, 2.05) is 0 Å². The van der Waals surface area contributed by atoms with Gasteiger partial charge in [-0.1, -0.05) is 11.8 Å². The molecular formula is C13H16N2O3S3. The van der Waals surface area contributed by atoms with Crippen LogP contribution in [0.15, 0.2) is 12.1 Å². The number of thioether (sulfide) groups is 1. The van der Waals surface area contributed by atoms with Gasteiger partial charge in [0.1, 0.15) is 5.37 Å². The number of carbonyl (C=O) groups excluding carboxylic acids is 1. The Labute approximate surface area is 132 Å². The monoisotopic (exact) mass is 344 g/mol. The van der Waals surface area contributed by atoms with Crippen molar-refractivity contribution < 1.29 is 13.2 Å². The van der Waals surface area contributed by atoms with Crippen molar-refractivity contribution in [3.8, 4) is 11.8 Å². The van der Waals surface area contributed by atoms with E-state index < -0.39 is 15.2 Å². The summed E-state index contributed by atoms with van der Waals surface area (Å²) >= 11 is 2.82. The SMILES string of the molecule is CS(=O)(=O)C1CSCCN1C(=O)c1ccc(C#CCN)s1. The molecule has 1 amide bonds. The van der Waals surface area contributed by atoms with E-state index >= 15 is 0 Å². The standard InChI is InChI=1S/C13H16N2O3S3/c1-21(17,18)12-9-19-8-7-15(12)13(16)11-5-4-10(20-11)3-2-6-14/h4-5,12H,6-9,14H2,1H3. The molecule has 2 N–H and O–H groups in total. The molecule has 8 heteroatoms. The molecule has 21 heavy (non-hydrogen) atoms. The number of hydrogen-bond acceptors (Lipinski definition) is 6. The van der Waals surface area contributed by atoms with Crippen molar-refractivity contribution in [1.82, 2.24) is 4.90 Å². The summed E-state index contributed by atoms with van der Waals surface area (Å²) in [5.74, 6) is 6.55. The Morgan fingerprint density at radius 1 is 1.52 bits per heavy atom. The number of rotatable bonds is 2. The van der Waals surface area contributed by atoms with Gasteiger partial charge in [-0.15, -0.1) is 11.3 Å². The first-order chi connectivity index (χ1) is 9.93. The largest absolute Gasteiger partial charge is 0.320 e. The second-order valence-electron chi connectivity index (χ2n) is 4.53. The number of sulfone groups is 1. The Morgan fingerprint density at radius 3 is 2.95 bits per heavy atom. The summed E-state index contributed by atoms with van der Waals surface area (Å²) in [5, 5.41) is -0.746. The lowest BCUT2D eigenvalue weighted by atomic mass is 10.3. The van der Waals surface area contributed by atoms with Gasteiger partial charge >= 0.3 is 0 Å². The second kappa shape index (κ2) is 6.83. The average Bonchev–Trinajstić information content (AvgIpc) is 2.92. The van der Waals surface area contributed by atoms with Crippen molar-refractivity contribution in [2.24, 2.45) is 5.73 Å². The fourth-order valence-corrected chi connectivity index (χ4v) is 5.62. The van der Waals surface area contributed by atoms with Crippen LogP contribution < -0.4 is 5.73 Å². The van der Waals surface area contributed by atoms with Crippen molar-refractivity contribution >= 4 is 38.8 Å². The zero-order valence-corrected chi connectivity index (χ0v) is 14.0. The van der Waals surface area contributed by atoms with Crippen molar-refractivity contribution in [3.63, 3.8) is 0 Å². The first-order valence-corrected chi connectivity index (χ1v) is 10.2. The smallest absolute Gasteiger partial charge is 0.265 e. The fourth-order valence-electron chi connectivity index (χ4n) is 1.97. The maximum Gasteiger partial charge on any atom is 0.265 e. The summed E-state index contributed by atoms with van der Waals surface area (Å²) in [7, 11) is -3.29. The lowest BCUT2D eigenvalue weighted by Crippen LogP contribution is -2.49. The van der Waals surface area contributed by atoms with Gasteiger partial charge in [0.15, 0.2) is 9.84 Å². The van der Waals surface area contributed by atoms with Crippen molar-refractivity contribution in [1.29, 1.82) is 0 Å². The minimum Gasteiger partial charge on any atom is -0.320 e. The molecule has 0 spiro atoms. The lowest BCUT2D eigenvalue weighted by Gasteiger charge is -2.33. The number of nitrogens with zero attached hydrogens (tertiary/aromatic N) is 1. The molecule has 0 radical (unpaired) electrons. The van der Waals surface area contributed by atoms with Crippen LogP contribution in [0.3, 0.4) is 0 Å². The van der Waals surface area contributed by atoms with Crippen LogP contribution in [0.1, 0.15) is 14.5 Å². The first-order valence-electron chi connectivity index (χ1n) is 6.30. The number of amides is 1. The van der Waals surface area contributed by atoms with Crippen LogP contribution in [0.25, 0.3) is 0 Å². The molecule has 1 unspecified atom stereocenters. The summed E-state index contributed by atoms with van der Waals surface area (Å²) < 4.78 is 23.7. The number of hydrogen-bond donors (Lipinski definition) is 1. The predicted molar refractivity (Wildman–Crippen MR) is 87.2 cm³/mol. The number of carbonyl (C=O) groups is 1. The van der Waals surface area contributed by atoms with Crippen LogP contribution in [0.5, 0.6) is 0 Å². The first kappa shape index (κ1) is 16.4. The van der Waals surface area contributed by atoms with E-state index in [1.54, 1.807) is 23.9 Å². The van der Waals surface area contributed by atoms with E-state index in [4.69, 9.17) is 5.73 Å². The minimum absolute atomic E-state index is 0.239. The molecule has 1 aliphatic rings. The third-order valence-electron chi connectivity index (χ3n) is 2.97. The van der Waals surface area contributed by atoms with Crippen molar-refractivity contribution in [2.45, 2.75) is 5.37 Å². The molecule has 114 valence electrons. The Bertz CT molecular complexity index is 685.